The number of rotatable bonds is 6. The van der Waals surface area contributed by atoms with Gasteiger partial charge in [0, 0.05) is 0 Å². The van der Waals surface area contributed by atoms with Gasteiger partial charge in [-0.15, -0.1) is 0 Å². The molecule has 6 heteroatoms. The van der Waals surface area contributed by atoms with Gasteiger partial charge in [0.15, 0.2) is 0 Å². The second-order valence-corrected chi connectivity index (χ2v) is 16.2. The van der Waals surface area contributed by atoms with Crippen LogP contribution in [0.2, 0.25) is 0 Å². The van der Waals surface area contributed by atoms with Crippen LogP contribution in [-0.2, 0) is 28.6 Å². The molecule has 10 unspecified atom stereocenters. The van der Waals surface area contributed by atoms with Gasteiger partial charge in [-0.25, -0.2) is 0 Å². The number of ether oxygens (including phenoxy) is 3. The van der Waals surface area contributed by atoms with E-state index in [0.29, 0.717) is 11.8 Å². The van der Waals surface area contributed by atoms with Crippen molar-refractivity contribution >= 4 is 17.9 Å². The highest BCUT2D eigenvalue weighted by Gasteiger charge is 2.63. The summed E-state index contributed by atoms with van der Waals surface area (Å²) in [5.74, 6) is 9.41. The first-order valence-electron chi connectivity index (χ1n) is 17.8. The van der Waals surface area contributed by atoms with Crippen LogP contribution in [0.5, 0.6) is 0 Å². The highest BCUT2D eigenvalue weighted by atomic mass is 16.5. The van der Waals surface area contributed by atoms with E-state index in [-0.39, 0.29) is 50.0 Å². The minimum atomic E-state index is -0.122. The monoisotopic (exact) mass is 636 g/mol. The first-order valence-corrected chi connectivity index (χ1v) is 17.8. The fraction of sp³-hybridized carbons (Fsp3) is 0.775. The summed E-state index contributed by atoms with van der Waals surface area (Å²) in [6.07, 6.45) is 22.8. The van der Waals surface area contributed by atoms with Crippen LogP contribution in [0, 0.1) is 82.3 Å². The maximum Gasteiger partial charge on any atom is 0.316 e. The summed E-state index contributed by atoms with van der Waals surface area (Å²) in [5, 5.41) is 0. The Morgan fingerprint density at radius 3 is 1.59 bits per heavy atom. The van der Waals surface area contributed by atoms with Crippen LogP contribution in [0.1, 0.15) is 111 Å². The Hall–Kier alpha value is -2.37. The van der Waals surface area contributed by atoms with Crippen molar-refractivity contribution in [2.75, 3.05) is 0 Å². The lowest BCUT2D eigenvalue weighted by Gasteiger charge is -2.54. The SMILES string of the molecule is C.C.C=COC(=O)C12CC3CC(CC(C3)C1)C2.C=COC(=O)C1CC2CC1C1C3CCC(C3)C21.C=COC(=O)C1CC2CCC1C2. The molecular weight excluding hydrogens is 576 g/mol. The van der Waals surface area contributed by atoms with Crippen molar-refractivity contribution in [2.45, 2.75) is 111 Å². The molecule has 0 aromatic heterocycles. The number of carbonyl (C=O) groups is 3. The molecule has 0 N–H and O–H groups in total. The van der Waals surface area contributed by atoms with Gasteiger partial charge in [0.1, 0.15) is 0 Å². The van der Waals surface area contributed by atoms with E-state index in [9.17, 15) is 14.4 Å². The van der Waals surface area contributed by atoms with Gasteiger partial charge < -0.3 is 14.2 Å². The van der Waals surface area contributed by atoms with Crippen molar-refractivity contribution in [3.8, 4) is 0 Å². The third-order valence-electron chi connectivity index (χ3n) is 14.1. The molecule has 10 bridgehead atoms. The van der Waals surface area contributed by atoms with Gasteiger partial charge in [-0.3, -0.25) is 14.4 Å². The van der Waals surface area contributed by atoms with Crippen LogP contribution in [-0.4, -0.2) is 17.9 Å². The van der Waals surface area contributed by atoms with Crippen molar-refractivity contribution in [3.63, 3.8) is 0 Å². The largest absolute Gasteiger partial charge is 0.435 e. The molecule has 0 spiro atoms. The Morgan fingerprint density at radius 2 is 1.07 bits per heavy atom. The molecule has 256 valence electrons. The molecular formula is C40H60O6. The second-order valence-electron chi connectivity index (χ2n) is 16.2. The number of hydrogen-bond donors (Lipinski definition) is 0. The highest BCUT2D eigenvalue weighted by molar-refractivity contribution is 5.78. The molecule has 0 radical (unpaired) electrons. The predicted molar refractivity (Wildman–Crippen MR) is 179 cm³/mol. The first-order chi connectivity index (χ1) is 21.3. The van der Waals surface area contributed by atoms with Gasteiger partial charge in [-0.1, -0.05) is 41.0 Å². The fourth-order valence-electron chi connectivity index (χ4n) is 13.3. The zero-order valence-corrected chi connectivity index (χ0v) is 26.4. The normalized spacial score (nSPS) is 45.0. The van der Waals surface area contributed by atoms with E-state index in [2.05, 4.69) is 19.7 Å². The first kappa shape index (κ1) is 35.0. The minimum Gasteiger partial charge on any atom is -0.435 e. The van der Waals surface area contributed by atoms with Gasteiger partial charge in [-0.05, 0) is 155 Å². The van der Waals surface area contributed by atoms with Gasteiger partial charge in [0.05, 0.1) is 36.0 Å². The Balaban J connectivity index is 0.000000135. The second kappa shape index (κ2) is 14.0. The summed E-state index contributed by atoms with van der Waals surface area (Å²) in [7, 11) is 0. The maximum absolute atomic E-state index is 12.0. The summed E-state index contributed by atoms with van der Waals surface area (Å²) in [5.41, 5.74) is -0.122. The Bertz CT molecular complexity index is 1140. The molecule has 0 saturated heterocycles. The average Bonchev–Trinajstić information content (AvgIpc) is 3.86. The zero-order chi connectivity index (χ0) is 30.6. The molecule has 6 nitrogen and oxygen atoms in total. The van der Waals surface area contributed by atoms with Crippen molar-refractivity contribution in [1.82, 2.24) is 0 Å². The van der Waals surface area contributed by atoms with Crippen molar-refractivity contribution in [2.24, 2.45) is 82.3 Å². The van der Waals surface area contributed by atoms with E-state index >= 15 is 0 Å². The van der Waals surface area contributed by atoms with E-state index in [1.54, 1.807) is 0 Å². The van der Waals surface area contributed by atoms with E-state index in [1.165, 1.54) is 83.0 Å². The van der Waals surface area contributed by atoms with Crippen LogP contribution >= 0.6 is 0 Å². The molecule has 0 aromatic carbocycles. The molecule has 0 amide bonds. The third kappa shape index (κ3) is 6.16. The molecule has 10 aliphatic carbocycles. The molecule has 10 rings (SSSR count). The van der Waals surface area contributed by atoms with Crippen molar-refractivity contribution < 1.29 is 28.6 Å². The number of hydrogen-bond acceptors (Lipinski definition) is 6. The number of carbonyl (C=O) groups excluding carboxylic acids is 3. The quantitative estimate of drug-likeness (QED) is 0.125. The van der Waals surface area contributed by atoms with Gasteiger partial charge >= 0.3 is 17.9 Å². The molecule has 0 aromatic rings. The van der Waals surface area contributed by atoms with Crippen LogP contribution < -0.4 is 0 Å². The molecule has 10 aliphatic rings. The molecule has 10 saturated carbocycles. The third-order valence-corrected chi connectivity index (χ3v) is 14.1. The predicted octanol–water partition coefficient (Wildman–Crippen LogP) is 9.26. The lowest BCUT2D eigenvalue weighted by Crippen LogP contribution is -2.50. The van der Waals surface area contributed by atoms with E-state index in [1.807, 2.05) is 0 Å². The standard InChI is InChI=1S/C15H20O2.C13H18O2.C10H14O2.2CH4/c1-2-17-15(16)12-7-10-6-11(12)14-9-4-3-8(5-9)13(10)14;1-2-15-12(14)13-6-9-3-10(7-13)5-11(4-9)8-13;1-2-12-10(11)9-6-7-3-4-8(9)5-7;;/h2,8-14H,1,3-7H2;2,9-11H,1,3-8H2;2,7-9H,1,3-6H2;2*1H4. The van der Waals surface area contributed by atoms with Gasteiger partial charge in [0.25, 0.3) is 0 Å². The summed E-state index contributed by atoms with van der Waals surface area (Å²) < 4.78 is 14.9. The summed E-state index contributed by atoms with van der Waals surface area (Å²) >= 11 is 0. The van der Waals surface area contributed by atoms with Crippen LogP contribution in [0.15, 0.2) is 38.5 Å². The van der Waals surface area contributed by atoms with Crippen LogP contribution in [0.4, 0.5) is 0 Å². The van der Waals surface area contributed by atoms with Crippen LogP contribution in [0.25, 0.3) is 0 Å². The van der Waals surface area contributed by atoms with Crippen molar-refractivity contribution in [1.29, 1.82) is 0 Å². The van der Waals surface area contributed by atoms with Crippen LogP contribution in [0.3, 0.4) is 0 Å². The molecule has 0 aliphatic heterocycles. The van der Waals surface area contributed by atoms with E-state index in [0.717, 1.165) is 85.4 Å². The topological polar surface area (TPSA) is 78.9 Å². The van der Waals surface area contributed by atoms with Gasteiger partial charge in [-0.2, -0.15) is 0 Å². The zero-order valence-electron chi connectivity index (χ0n) is 26.4. The lowest BCUT2D eigenvalue weighted by molar-refractivity contribution is -0.165. The molecule has 10 atom stereocenters. The number of esters is 3. The Morgan fingerprint density at radius 1 is 0.522 bits per heavy atom. The van der Waals surface area contributed by atoms with Crippen molar-refractivity contribution in [3.05, 3.63) is 38.5 Å². The minimum absolute atomic E-state index is 0. The highest BCUT2D eigenvalue weighted by Crippen LogP contribution is 2.69. The van der Waals surface area contributed by atoms with Gasteiger partial charge in [0.2, 0.25) is 0 Å². The Kier molecular flexibility index (Phi) is 10.6. The fourth-order valence-corrected chi connectivity index (χ4v) is 13.3. The lowest BCUT2D eigenvalue weighted by atomic mass is 9.49. The number of fused-ring (bicyclic) bond motifs is 11. The molecule has 0 heterocycles. The molecule has 10 fully saturated rings. The smallest absolute Gasteiger partial charge is 0.316 e. The summed E-state index contributed by atoms with van der Waals surface area (Å²) in [6, 6.07) is 0. The summed E-state index contributed by atoms with van der Waals surface area (Å²) in [4.78, 5) is 35.3. The molecule has 46 heavy (non-hydrogen) atoms. The summed E-state index contributed by atoms with van der Waals surface area (Å²) in [6.45, 7) is 10.4. The maximum atomic E-state index is 12.0. The Labute approximate surface area is 278 Å². The van der Waals surface area contributed by atoms with E-state index < -0.39 is 0 Å². The van der Waals surface area contributed by atoms with E-state index in [4.69, 9.17) is 14.2 Å². The average molecular weight is 637 g/mol.